The van der Waals surface area contributed by atoms with Gasteiger partial charge in [-0.2, -0.15) is 0 Å². The van der Waals surface area contributed by atoms with Crippen molar-refractivity contribution in [3.05, 3.63) is 77.7 Å². The third-order valence-corrected chi connectivity index (χ3v) is 7.55. The lowest BCUT2D eigenvalue weighted by molar-refractivity contribution is 0.129. The van der Waals surface area contributed by atoms with Crippen molar-refractivity contribution in [1.29, 1.82) is 0 Å². The molecule has 3 atom stereocenters. The summed E-state index contributed by atoms with van der Waals surface area (Å²) in [5.74, 6) is 6.29. The highest BCUT2D eigenvalue weighted by Gasteiger charge is 2.27. The van der Waals surface area contributed by atoms with Crippen molar-refractivity contribution >= 4 is 9.73 Å². The Kier molecular flexibility index (Phi) is 7.69. The van der Waals surface area contributed by atoms with Crippen LogP contribution in [0.1, 0.15) is 37.7 Å². The molecule has 1 unspecified atom stereocenters. The summed E-state index contributed by atoms with van der Waals surface area (Å²) in [7, 11) is -1.07. The maximum absolute atomic E-state index is 13.4. The van der Waals surface area contributed by atoms with Crippen LogP contribution in [0.4, 0.5) is 0 Å². The van der Waals surface area contributed by atoms with E-state index in [9.17, 15) is 9.32 Å². The van der Waals surface area contributed by atoms with Crippen LogP contribution in [-0.4, -0.2) is 22.5 Å². The molecule has 152 valence electrons. The van der Waals surface area contributed by atoms with Crippen LogP contribution < -0.4 is 0 Å². The molecule has 0 amide bonds. The predicted molar refractivity (Wildman–Crippen MR) is 120 cm³/mol. The molecular weight excluding hydrogens is 378 g/mol. The molecule has 0 radical (unpaired) electrons. The lowest BCUT2D eigenvalue weighted by atomic mass is 9.77. The summed E-state index contributed by atoms with van der Waals surface area (Å²) >= 11 is 0. The minimum absolute atomic E-state index is 0.155. The number of hydrogen-bond acceptors (Lipinski definition) is 3. The van der Waals surface area contributed by atoms with Crippen LogP contribution in [0.3, 0.4) is 0 Å². The van der Waals surface area contributed by atoms with Crippen molar-refractivity contribution in [2.75, 3.05) is 7.05 Å². The Labute approximate surface area is 175 Å². The fourth-order valence-corrected chi connectivity index (χ4v) is 5.30. The third-order valence-electron chi connectivity index (χ3n) is 5.53. The summed E-state index contributed by atoms with van der Waals surface area (Å²) in [5, 5.41) is 12.6. The van der Waals surface area contributed by atoms with Gasteiger partial charge in [0.15, 0.2) is 0 Å². The minimum atomic E-state index is -2.65. The maximum atomic E-state index is 13.4. The van der Waals surface area contributed by atoms with Crippen molar-refractivity contribution in [3.63, 3.8) is 0 Å². The van der Waals surface area contributed by atoms with E-state index >= 15 is 0 Å². The van der Waals surface area contributed by atoms with Gasteiger partial charge in [0.2, 0.25) is 0 Å². The third kappa shape index (κ3) is 5.82. The summed E-state index contributed by atoms with van der Waals surface area (Å²) < 4.78 is 17.6. The van der Waals surface area contributed by atoms with E-state index in [1.807, 2.05) is 66.7 Å². The maximum Gasteiger partial charge on any atom is 0.121 e. The van der Waals surface area contributed by atoms with E-state index in [1.54, 1.807) is 12.5 Å². The van der Waals surface area contributed by atoms with Crippen LogP contribution in [-0.2, 0) is 9.73 Å². The Morgan fingerprint density at radius 3 is 2.28 bits per heavy atom. The van der Waals surface area contributed by atoms with Gasteiger partial charge >= 0.3 is 0 Å². The molecule has 3 nitrogen and oxygen atoms in total. The average molecular weight is 408 g/mol. The Morgan fingerprint density at radius 2 is 1.66 bits per heavy atom. The molecule has 0 bridgehead atoms. The summed E-state index contributed by atoms with van der Waals surface area (Å²) in [6.07, 6.45) is 6.81. The van der Waals surface area contributed by atoms with Crippen LogP contribution >= 0.6 is 0 Å². The van der Waals surface area contributed by atoms with Gasteiger partial charge in [-0.15, -0.1) is 0 Å². The smallest absolute Gasteiger partial charge is 0.121 e. The summed E-state index contributed by atoms with van der Waals surface area (Å²) in [6.45, 7) is 0. The van der Waals surface area contributed by atoms with Crippen molar-refractivity contribution in [3.8, 4) is 11.8 Å². The average Bonchev–Trinajstić information content (AvgIpc) is 2.79. The van der Waals surface area contributed by atoms with Gasteiger partial charge in [0.1, 0.15) is 6.10 Å². The number of rotatable bonds is 5. The summed E-state index contributed by atoms with van der Waals surface area (Å²) in [4.78, 5) is 0.686. The fourth-order valence-electron chi connectivity index (χ4n) is 3.87. The Hall–Kier alpha value is -2.35. The molecule has 1 fully saturated rings. The van der Waals surface area contributed by atoms with Gasteiger partial charge < -0.3 is 5.11 Å². The van der Waals surface area contributed by atoms with Gasteiger partial charge in [0.25, 0.3) is 0 Å². The molecule has 2 aromatic carbocycles. The number of benzene rings is 2. The van der Waals surface area contributed by atoms with E-state index in [0.29, 0.717) is 10.8 Å². The van der Waals surface area contributed by atoms with Crippen molar-refractivity contribution < 1.29 is 9.32 Å². The Bertz CT molecular complexity index is 974. The standard InChI is InChI=1S/C25H29NO2S/c1-26-29(28,23-15-9-4-10-16-23)20-19-24(22-13-7-3-8-14-22)25(27)18-17-21-11-5-2-6-12-21/h2,4-6,9-12,15-16,19-20,22,24-25,27H,3,7-8,13-14H2,1H3/b20-19-/t24-,25+,29?/m1/s1. The molecule has 3 rings (SSSR count). The summed E-state index contributed by atoms with van der Waals surface area (Å²) in [6, 6.07) is 19.0. The molecule has 0 aromatic heterocycles. The fraction of sp³-hybridized carbons (Fsp3) is 0.360. The Balaban J connectivity index is 1.88. The molecule has 0 spiro atoms. The molecule has 1 aliphatic rings. The zero-order valence-corrected chi connectivity index (χ0v) is 17.7. The SMILES string of the molecule is CN=S(=O)(/C=C\[C@H](C1CCCCC1)[C@@H](O)C#Cc1ccccc1)c1ccccc1. The molecule has 1 saturated carbocycles. The van der Waals surface area contributed by atoms with Crippen molar-refractivity contribution in [1.82, 2.24) is 0 Å². The van der Waals surface area contributed by atoms with Crippen LogP contribution in [0.15, 0.2) is 81.4 Å². The lowest BCUT2D eigenvalue weighted by Gasteiger charge is -2.29. The second kappa shape index (κ2) is 10.4. The number of aliphatic hydroxyl groups excluding tert-OH is 1. The van der Waals surface area contributed by atoms with Gasteiger partial charge in [-0.25, -0.2) is 8.57 Å². The molecule has 1 aliphatic carbocycles. The van der Waals surface area contributed by atoms with Gasteiger partial charge in [-0.1, -0.05) is 73.6 Å². The second-order valence-corrected chi connectivity index (χ2v) is 9.69. The molecular formula is C25H29NO2S. The van der Waals surface area contributed by atoms with E-state index in [1.165, 1.54) is 19.3 Å². The van der Waals surface area contributed by atoms with Gasteiger partial charge in [0.05, 0.1) is 14.6 Å². The largest absolute Gasteiger partial charge is 0.380 e. The van der Waals surface area contributed by atoms with Crippen LogP contribution in [0.25, 0.3) is 0 Å². The van der Waals surface area contributed by atoms with E-state index < -0.39 is 15.8 Å². The van der Waals surface area contributed by atoms with E-state index in [2.05, 4.69) is 16.2 Å². The quantitative estimate of drug-likeness (QED) is 0.687. The predicted octanol–water partition coefficient (Wildman–Crippen LogP) is 5.27. The zero-order valence-electron chi connectivity index (χ0n) is 16.9. The van der Waals surface area contributed by atoms with Gasteiger partial charge in [-0.05, 0) is 43.0 Å². The summed E-state index contributed by atoms with van der Waals surface area (Å²) in [5.41, 5.74) is 0.884. The molecule has 0 heterocycles. The first-order valence-corrected chi connectivity index (χ1v) is 11.8. The molecule has 4 heteroatoms. The number of hydrogen-bond donors (Lipinski definition) is 1. The molecule has 0 aliphatic heterocycles. The van der Waals surface area contributed by atoms with Crippen LogP contribution in [0, 0.1) is 23.7 Å². The highest BCUT2D eigenvalue weighted by atomic mass is 32.2. The molecule has 1 N–H and O–H groups in total. The molecule has 29 heavy (non-hydrogen) atoms. The number of nitrogens with zero attached hydrogens (tertiary/aromatic N) is 1. The zero-order chi connectivity index (χ0) is 20.5. The first-order valence-electron chi connectivity index (χ1n) is 10.3. The minimum Gasteiger partial charge on any atom is -0.380 e. The first-order chi connectivity index (χ1) is 14.1. The van der Waals surface area contributed by atoms with Gasteiger partial charge in [-0.3, -0.25) is 0 Å². The Morgan fingerprint density at radius 1 is 1.03 bits per heavy atom. The van der Waals surface area contributed by atoms with Crippen LogP contribution in [0.2, 0.25) is 0 Å². The van der Waals surface area contributed by atoms with E-state index in [4.69, 9.17) is 0 Å². The highest BCUT2D eigenvalue weighted by Crippen LogP contribution is 2.33. The molecule has 0 saturated heterocycles. The lowest BCUT2D eigenvalue weighted by Crippen LogP contribution is -2.27. The highest BCUT2D eigenvalue weighted by molar-refractivity contribution is 7.96. The topological polar surface area (TPSA) is 49.7 Å². The van der Waals surface area contributed by atoms with Crippen molar-refractivity contribution in [2.45, 2.75) is 43.1 Å². The van der Waals surface area contributed by atoms with Gasteiger partial charge in [0, 0.05) is 23.9 Å². The van der Waals surface area contributed by atoms with E-state index in [-0.39, 0.29) is 5.92 Å². The molecule has 2 aromatic rings. The first kappa shape index (κ1) is 21.4. The normalized spacial score (nSPS) is 19.0. The van der Waals surface area contributed by atoms with E-state index in [0.717, 1.165) is 18.4 Å². The monoisotopic (exact) mass is 407 g/mol. The number of aliphatic hydroxyl groups is 1. The second-order valence-electron chi connectivity index (χ2n) is 7.45. The van der Waals surface area contributed by atoms with Crippen molar-refractivity contribution in [2.24, 2.45) is 16.2 Å². The van der Waals surface area contributed by atoms with Crippen LogP contribution in [0.5, 0.6) is 0 Å².